The van der Waals surface area contributed by atoms with Crippen molar-refractivity contribution in [2.24, 2.45) is 0 Å². The summed E-state index contributed by atoms with van der Waals surface area (Å²) in [4.78, 5) is 45.2. The lowest BCUT2D eigenvalue weighted by Crippen LogP contribution is -2.48. The maximum Gasteiger partial charge on any atom is 0.315 e. The molecule has 3 aromatic rings. The largest absolute Gasteiger partial charge is 0.493 e. The summed E-state index contributed by atoms with van der Waals surface area (Å²) in [6.07, 6.45) is 2.73. The fraction of sp³-hybridized carbons (Fsp3) is 0.500. The summed E-state index contributed by atoms with van der Waals surface area (Å²) in [5.41, 5.74) is -0.511. The molecule has 0 bridgehead atoms. The summed E-state index contributed by atoms with van der Waals surface area (Å²) in [6.45, 7) is 10.8. The van der Waals surface area contributed by atoms with E-state index in [1.54, 1.807) is 50.8 Å². The topological polar surface area (TPSA) is 140 Å². The Morgan fingerprint density at radius 3 is 2.67 bits per heavy atom. The van der Waals surface area contributed by atoms with E-state index in [1.807, 2.05) is 0 Å². The maximum absolute atomic E-state index is 14.8. The number of esters is 1. The molecule has 12 nitrogen and oxygen atoms in total. The molecule has 1 N–H and O–H groups in total. The molecule has 1 fully saturated rings. The van der Waals surface area contributed by atoms with E-state index in [1.165, 1.54) is 18.4 Å². The zero-order chi connectivity index (χ0) is 31.0. The Bertz CT molecular complexity index is 1390. The van der Waals surface area contributed by atoms with Crippen molar-refractivity contribution < 1.29 is 37.2 Å². The summed E-state index contributed by atoms with van der Waals surface area (Å²) in [5, 5.41) is 6.47. The van der Waals surface area contributed by atoms with E-state index < -0.39 is 29.3 Å². The van der Waals surface area contributed by atoms with Gasteiger partial charge in [0.15, 0.2) is 5.76 Å². The summed E-state index contributed by atoms with van der Waals surface area (Å²) in [5.74, 6) is -1.03. The maximum atomic E-state index is 14.8. The summed E-state index contributed by atoms with van der Waals surface area (Å²) >= 11 is 0. The molecule has 13 heteroatoms. The zero-order valence-corrected chi connectivity index (χ0v) is 24.9. The second kappa shape index (κ2) is 14.3. The van der Waals surface area contributed by atoms with Crippen LogP contribution in [0, 0.1) is 5.82 Å². The van der Waals surface area contributed by atoms with Gasteiger partial charge in [-0.3, -0.25) is 14.4 Å². The molecule has 1 aliphatic heterocycles. The zero-order valence-electron chi connectivity index (χ0n) is 24.9. The van der Waals surface area contributed by atoms with Crippen molar-refractivity contribution in [3.8, 4) is 17.1 Å². The smallest absolute Gasteiger partial charge is 0.315 e. The molecule has 0 unspecified atom stereocenters. The van der Waals surface area contributed by atoms with Crippen LogP contribution in [0.3, 0.4) is 0 Å². The average molecular weight is 600 g/mol. The van der Waals surface area contributed by atoms with Crippen LogP contribution >= 0.6 is 0 Å². The monoisotopic (exact) mass is 599 g/mol. The number of rotatable bonds is 11. The number of carbonyl (C=O) groups excluding carboxylic acids is 3. The number of nitrogens with zero attached hydrogens (tertiary/aromatic N) is 4. The van der Waals surface area contributed by atoms with Crippen LogP contribution < -0.4 is 10.1 Å². The minimum atomic E-state index is -0.663. The highest BCUT2D eigenvalue weighted by Gasteiger charge is 2.25. The second-order valence-electron chi connectivity index (χ2n) is 11.3. The Balaban J connectivity index is 1.18. The molecule has 1 atom stereocenters. The molecular formula is C30H38FN5O7. The van der Waals surface area contributed by atoms with Crippen LogP contribution in [0.4, 0.5) is 4.39 Å². The van der Waals surface area contributed by atoms with Gasteiger partial charge < -0.3 is 33.5 Å². The fourth-order valence-electron chi connectivity index (χ4n) is 4.61. The SMILES string of the molecule is C[C@H](NC(=O)c1ccco1)C(=O)N1CCCN(CCCOc2ccc(-c3noc(CC(=O)OC(C)(C)C)n3)c(F)c2)CC1. The van der Waals surface area contributed by atoms with E-state index >= 15 is 0 Å². The Morgan fingerprint density at radius 1 is 1.14 bits per heavy atom. The standard InChI is InChI=1S/C30H38FN5O7/c1-20(32-28(38)24-8-5-16-41-24)29(39)36-13-6-11-35(14-15-36)12-7-17-40-21-9-10-22(23(31)18-21)27-33-25(43-34-27)19-26(37)42-30(2,3)4/h5,8-10,16,18,20H,6-7,11-15,17,19H2,1-4H3,(H,32,38)/t20-/m0/s1. The highest BCUT2D eigenvalue weighted by molar-refractivity contribution is 5.95. The predicted octanol–water partition coefficient (Wildman–Crippen LogP) is 3.47. The van der Waals surface area contributed by atoms with Gasteiger partial charge in [0.25, 0.3) is 5.91 Å². The number of ether oxygens (including phenoxy) is 2. The lowest BCUT2D eigenvalue weighted by atomic mass is 10.2. The van der Waals surface area contributed by atoms with E-state index in [9.17, 15) is 18.8 Å². The number of hydrogen-bond acceptors (Lipinski definition) is 10. The minimum Gasteiger partial charge on any atom is -0.493 e. The van der Waals surface area contributed by atoms with Crippen molar-refractivity contribution >= 4 is 17.8 Å². The first-order chi connectivity index (χ1) is 20.5. The molecule has 2 amide bonds. The van der Waals surface area contributed by atoms with Gasteiger partial charge in [-0.15, -0.1) is 0 Å². The van der Waals surface area contributed by atoms with Crippen molar-refractivity contribution in [2.45, 2.75) is 58.6 Å². The molecule has 3 heterocycles. The number of amides is 2. The molecule has 1 aromatic carbocycles. The molecule has 0 aliphatic carbocycles. The van der Waals surface area contributed by atoms with Gasteiger partial charge in [-0.1, -0.05) is 5.16 Å². The molecule has 232 valence electrons. The quantitative estimate of drug-likeness (QED) is 0.257. The van der Waals surface area contributed by atoms with Gasteiger partial charge in [-0.2, -0.15) is 4.98 Å². The van der Waals surface area contributed by atoms with Gasteiger partial charge in [0, 0.05) is 32.2 Å². The normalized spacial score (nSPS) is 15.0. The van der Waals surface area contributed by atoms with Crippen LogP contribution in [0.15, 0.2) is 45.5 Å². The number of halogens is 1. The van der Waals surface area contributed by atoms with Crippen LogP contribution in [-0.4, -0.2) is 88.7 Å². The Labute approximate surface area is 249 Å². The lowest BCUT2D eigenvalue weighted by Gasteiger charge is -2.25. The van der Waals surface area contributed by atoms with Crippen molar-refractivity contribution in [3.63, 3.8) is 0 Å². The van der Waals surface area contributed by atoms with Gasteiger partial charge in [-0.25, -0.2) is 4.39 Å². The third-order valence-electron chi connectivity index (χ3n) is 6.62. The van der Waals surface area contributed by atoms with Gasteiger partial charge in [0.05, 0.1) is 18.4 Å². The summed E-state index contributed by atoms with van der Waals surface area (Å²) < 4.78 is 36.0. The molecule has 0 radical (unpaired) electrons. The molecular weight excluding hydrogens is 561 g/mol. The van der Waals surface area contributed by atoms with Crippen LogP contribution in [0.5, 0.6) is 5.75 Å². The van der Waals surface area contributed by atoms with E-state index in [0.29, 0.717) is 38.4 Å². The molecule has 0 spiro atoms. The summed E-state index contributed by atoms with van der Waals surface area (Å²) in [7, 11) is 0. The van der Waals surface area contributed by atoms with Gasteiger partial charge in [-0.05, 0) is 71.3 Å². The number of hydrogen-bond donors (Lipinski definition) is 1. The number of furan rings is 1. The Hall–Kier alpha value is -4.26. The van der Waals surface area contributed by atoms with Crippen LogP contribution in [0.1, 0.15) is 57.0 Å². The molecule has 4 rings (SSSR count). The Kier molecular flexibility index (Phi) is 10.5. The first-order valence-corrected chi connectivity index (χ1v) is 14.3. The lowest BCUT2D eigenvalue weighted by molar-refractivity contribution is -0.154. The third-order valence-corrected chi connectivity index (χ3v) is 6.62. The van der Waals surface area contributed by atoms with Gasteiger partial charge in [0.2, 0.25) is 17.6 Å². The molecule has 43 heavy (non-hydrogen) atoms. The van der Waals surface area contributed by atoms with Gasteiger partial charge >= 0.3 is 5.97 Å². The molecule has 0 saturated carbocycles. The molecule has 1 aliphatic rings. The van der Waals surface area contributed by atoms with Crippen molar-refractivity contribution in [3.05, 3.63) is 54.1 Å². The number of aromatic nitrogens is 2. The van der Waals surface area contributed by atoms with Crippen molar-refractivity contribution in [2.75, 3.05) is 39.3 Å². The predicted molar refractivity (Wildman–Crippen MR) is 153 cm³/mol. The third kappa shape index (κ3) is 9.37. The van der Waals surface area contributed by atoms with Crippen LogP contribution in [-0.2, 0) is 20.7 Å². The summed E-state index contributed by atoms with van der Waals surface area (Å²) in [6, 6.07) is 6.90. The van der Waals surface area contributed by atoms with E-state index in [4.69, 9.17) is 18.4 Å². The highest BCUT2D eigenvalue weighted by Crippen LogP contribution is 2.25. The fourth-order valence-corrected chi connectivity index (χ4v) is 4.61. The second-order valence-corrected chi connectivity index (χ2v) is 11.3. The Morgan fingerprint density at radius 2 is 1.95 bits per heavy atom. The number of carbonyl (C=O) groups is 3. The minimum absolute atomic E-state index is 0.0330. The van der Waals surface area contributed by atoms with E-state index in [0.717, 1.165) is 19.5 Å². The molecule has 1 saturated heterocycles. The number of nitrogens with one attached hydrogen (secondary N) is 1. The van der Waals surface area contributed by atoms with Gasteiger partial charge in [0.1, 0.15) is 29.6 Å². The van der Waals surface area contributed by atoms with Crippen molar-refractivity contribution in [1.82, 2.24) is 25.3 Å². The van der Waals surface area contributed by atoms with E-state index in [2.05, 4.69) is 20.4 Å². The number of benzene rings is 1. The van der Waals surface area contributed by atoms with Crippen LogP contribution in [0.25, 0.3) is 11.4 Å². The van der Waals surface area contributed by atoms with Crippen LogP contribution in [0.2, 0.25) is 0 Å². The highest BCUT2D eigenvalue weighted by atomic mass is 19.1. The van der Waals surface area contributed by atoms with E-state index in [-0.39, 0.29) is 35.4 Å². The first-order valence-electron chi connectivity index (χ1n) is 14.3. The van der Waals surface area contributed by atoms with Crippen molar-refractivity contribution in [1.29, 1.82) is 0 Å². The first kappa shape index (κ1) is 31.7. The molecule has 2 aromatic heterocycles. The average Bonchev–Trinajstić information content (AvgIpc) is 3.58.